The third-order valence-electron chi connectivity index (χ3n) is 6.01. The third-order valence-corrected chi connectivity index (χ3v) is 6.01. The Hall–Kier alpha value is -2.41. The van der Waals surface area contributed by atoms with Crippen LogP contribution in [0.1, 0.15) is 58.6 Å². The maximum Gasteiger partial charge on any atom is 0.408 e. The molecule has 0 aromatic carbocycles. The number of alkyl carbamates (subject to hydrolysis) is 1. The SMILES string of the molecule is Cc1ccc2ccc(OCCC34CCC(NC(=O)OC(C)(C)C)(CC3)CO4)nc2n1. The van der Waals surface area contributed by atoms with E-state index in [-0.39, 0.29) is 17.2 Å². The molecule has 0 atom stereocenters. The first-order chi connectivity index (χ1) is 14.2. The summed E-state index contributed by atoms with van der Waals surface area (Å²) < 4.78 is 17.6. The van der Waals surface area contributed by atoms with Gasteiger partial charge in [-0.25, -0.2) is 9.78 Å². The summed E-state index contributed by atoms with van der Waals surface area (Å²) in [5.41, 5.74) is 0.650. The quantitative estimate of drug-likeness (QED) is 0.786. The molecule has 0 radical (unpaired) electrons. The van der Waals surface area contributed by atoms with Crippen LogP contribution in [0.15, 0.2) is 24.3 Å². The van der Waals surface area contributed by atoms with Crippen molar-refractivity contribution in [3.05, 3.63) is 30.0 Å². The number of nitrogens with zero attached hydrogens (tertiary/aromatic N) is 2. The maximum absolute atomic E-state index is 12.2. The number of aryl methyl sites for hydroxylation is 1. The molecule has 4 heterocycles. The van der Waals surface area contributed by atoms with Crippen molar-refractivity contribution in [2.24, 2.45) is 0 Å². The molecule has 2 saturated heterocycles. The van der Waals surface area contributed by atoms with Crippen molar-refractivity contribution >= 4 is 17.1 Å². The van der Waals surface area contributed by atoms with Gasteiger partial charge in [0.25, 0.3) is 0 Å². The number of pyridine rings is 2. The van der Waals surface area contributed by atoms with Crippen molar-refractivity contribution in [3.63, 3.8) is 0 Å². The van der Waals surface area contributed by atoms with Crippen molar-refractivity contribution in [2.45, 2.75) is 76.5 Å². The Balaban J connectivity index is 1.30. The Morgan fingerprint density at radius 3 is 2.53 bits per heavy atom. The van der Waals surface area contributed by atoms with Gasteiger partial charge in [-0.1, -0.05) is 0 Å². The van der Waals surface area contributed by atoms with Crippen LogP contribution in [-0.4, -0.2) is 46.0 Å². The van der Waals surface area contributed by atoms with Crippen LogP contribution < -0.4 is 10.1 Å². The molecule has 0 unspecified atom stereocenters. The van der Waals surface area contributed by atoms with Gasteiger partial charge < -0.3 is 19.5 Å². The summed E-state index contributed by atoms with van der Waals surface area (Å²) in [5, 5.41) is 4.07. The zero-order chi connectivity index (χ0) is 21.4. The summed E-state index contributed by atoms with van der Waals surface area (Å²) in [6, 6.07) is 7.86. The molecule has 1 saturated carbocycles. The molecule has 30 heavy (non-hydrogen) atoms. The molecule has 3 aliphatic rings. The Morgan fingerprint density at radius 1 is 1.13 bits per heavy atom. The summed E-state index contributed by atoms with van der Waals surface area (Å²) in [6.07, 6.45) is 4.02. The molecule has 7 nitrogen and oxygen atoms in total. The highest BCUT2D eigenvalue weighted by Gasteiger charge is 2.50. The lowest BCUT2D eigenvalue weighted by molar-refractivity contribution is -0.167. The topological polar surface area (TPSA) is 82.6 Å². The molecule has 7 heteroatoms. The standard InChI is InChI=1S/C23H31N3O4/c1-16-5-6-17-7-8-18(25-19(17)24-16)28-14-13-23-11-9-22(10-12-23,15-29-23)26-20(27)30-21(2,3)4/h5-8H,9-15H2,1-4H3,(H,26,27). The van der Waals surface area contributed by atoms with Crippen molar-refractivity contribution in [1.29, 1.82) is 0 Å². The summed E-state index contributed by atoms with van der Waals surface area (Å²) in [7, 11) is 0. The maximum atomic E-state index is 12.2. The smallest absolute Gasteiger partial charge is 0.408 e. The van der Waals surface area contributed by atoms with E-state index in [4.69, 9.17) is 14.2 Å². The molecule has 1 N–H and O–H groups in total. The van der Waals surface area contributed by atoms with Gasteiger partial charge >= 0.3 is 6.09 Å². The van der Waals surface area contributed by atoms with Gasteiger partial charge in [0.05, 0.1) is 24.4 Å². The fourth-order valence-electron chi connectivity index (χ4n) is 4.27. The molecule has 2 aliphatic heterocycles. The second kappa shape index (κ2) is 7.69. The lowest BCUT2D eigenvalue weighted by Crippen LogP contribution is -2.63. The molecule has 1 amide bonds. The largest absolute Gasteiger partial charge is 0.477 e. The number of hydrogen-bond donors (Lipinski definition) is 1. The van der Waals surface area contributed by atoms with Gasteiger partial charge in [0.15, 0.2) is 5.65 Å². The van der Waals surface area contributed by atoms with E-state index < -0.39 is 5.60 Å². The molecular formula is C23H31N3O4. The minimum atomic E-state index is -0.503. The third kappa shape index (κ3) is 4.67. The van der Waals surface area contributed by atoms with E-state index in [0.29, 0.717) is 24.7 Å². The minimum absolute atomic E-state index is 0.178. The average Bonchev–Trinajstić information content (AvgIpc) is 2.67. The molecule has 2 bridgehead atoms. The first-order valence-electron chi connectivity index (χ1n) is 10.7. The van der Waals surface area contributed by atoms with Gasteiger partial charge in [-0.3, -0.25) is 0 Å². The Labute approximate surface area is 177 Å². The normalized spacial score (nSPS) is 25.9. The molecule has 2 aromatic heterocycles. The van der Waals surface area contributed by atoms with Crippen LogP contribution in [0.5, 0.6) is 5.88 Å². The number of ether oxygens (including phenoxy) is 3. The molecule has 162 valence electrons. The summed E-state index contributed by atoms with van der Waals surface area (Å²) in [4.78, 5) is 21.2. The lowest BCUT2D eigenvalue weighted by atomic mass is 9.70. The summed E-state index contributed by atoms with van der Waals surface area (Å²) >= 11 is 0. The van der Waals surface area contributed by atoms with Gasteiger partial charge in [0, 0.05) is 23.6 Å². The molecule has 2 aromatic rings. The van der Waals surface area contributed by atoms with E-state index >= 15 is 0 Å². The van der Waals surface area contributed by atoms with Gasteiger partial charge in [-0.15, -0.1) is 0 Å². The van der Waals surface area contributed by atoms with Gasteiger partial charge in [-0.05, 0) is 71.6 Å². The van der Waals surface area contributed by atoms with Crippen LogP contribution in [0.25, 0.3) is 11.0 Å². The van der Waals surface area contributed by atoms with Crippen LogP contribution in [0, 0.1) is 6.92 Å². The fourth-order valence-corrected chi connectivity index (χ4v) is 4.27. The number of rotatable bonds is 5. The molecule has 3 fully saturated rings. The van der Waals surface area contributed by atoms with E-state index in [9.17, 15) is 4.79 Å². The highest BCUT2D eigenvalue weighted by molar-refractivity contribution is 5.75. The number of carbonyl (C=O) groups excluding carboxylic acids is 1. The van der Waals surface area contributed by atoms with E-state index in [1.54, 1.807) is 0 Å². The molecule has 5 rings (SSSR count). The number of aromatic nitrogens is 2. The zero-order valence-electron chi connectivity index (χ0n) is 18.3. The summed E-state index contributed by atoms with van der Waals surface area (Å²) in [5.74, 6) is 0.588. The van der Waals surface area contributed by atoms with Crippen LogP contribution in [-0.2, 0) is 9.47 Å². The molecule has 1 aliphatic carbocycles. The average molecular weight is 414 g/mol. The van der Waals surface area contributed by atoms with E-state index in [0.717, 1.165) is 43.2 Å². The predicted molar refractivity (Wildman–Crippen MR) is 114 cm³/mol. The second-order valence-electron chi connectivity index (χ2n) is 9.63. The van der Waals surface area contributed by atoms with Gasteiger partial charge in [0.2, 0.25) is 5.88 Å². The second-order valence-corrected chi connectivity index (χ2v) is 9.63. The van der Waals surface area contributed by atoms with Crippen LogP contribution in [0.3, 0.4) is 0 Å². The number of amides is 1. The van der Waals surface area contributed by atoms with E-state index in [1.165, 1.54) is 0 Å². The minimum Gasteiger partial charge on any atom is -0.477 e. The Bertz CT molecular complexity index is 913. The first-order valence-corrected chi connectivity index (χ1v) is 10.7. The lowest BCUT2D eigenvalue weighted by Gasteiger charge is -2.53. The Morgan fingerprint density at radius 2 is 1.87 bits per heavy atom. The highest BCUT2D eigenvalue weighted by Crippen LogP contribution is 2.45. The zero-order valence-corrected chi connectivity index (χ0v) is 18.3. The monoisotopic (exact) mass is 413 g/mol. The highest BCUT2D eigenvalue weighted by atomic mass is 16.6. The van der Waals surface area contributed by atoms with Crippen LogP contribution in [0.2, 0.25) is 0 Å². The van der Waals surface area contributed by atoms with Crippen LogP contribution in [0.4, 0.5) is 4.79 Å². The number of hydrogen-bond acceptors (Lipinski definition) is 6. The number of fused-ring (bicyclic) bond motifs is 4. The van der Waals surface area contributed by atoms with Gasteiger partial charge in [0.1, 0.15) is 5.60 Å². The van der Waals surface area contributed by atoms with E-state index in [2.05, 4.69) is 15.3 Å². The van der Waals surface area contributed by atoms with Gasteiger partial charge in [-0.2, -0.15) is 4.98 Å². The van der Waals surface area contributed by atoms with Crippen molar-refractivity contribution < 1.29 is 19.0 Å². The molecular weight excluding hydrogens is 382 g/mol. The van der Waals surface area contributed by atoms with Crippen LogP contribution >= 0.6 is 0 Å². The van der Waals surface area contributed by atoms with E-state index in [1.807, 2.05) is 52.0 Å². The fraction of sp³-hybridized carbons (Fsp3) is 0.609. The first kappa shape index (κ1) is 20.8. The Kier molecular flexibility index (Phi) is 5.34. The number of carbonyl (C=O) groups is 1. The van der Waals surface area contributed by atoms with Crippen molar-refractivity contribution in [1.82, 2.24) is 15.3 Å². The predicted octanol–water partition coefficient (Wildman–Crippen LogP) is 4.31. The summed E-state index contributed by atoms with van der Waals surface area (Å²) in [6.45, 7) is 8.62. The number of nitrogens with one attached hydrogen (secondary N) is 1. The molecule has 0 spiro atoms. The van der Waals surface area contributed by atoms with Crippen molar-refractivity contribution in [3.8, 4) is 5.88 Å². The van der Waals surface area contributed by atoms with Crippen molar-refractivity contribution in [2.75, 3.05) is 13.2 Å².